The second kappa shape index (κ2) is 14.1. The van der Waals surface area contributed by atoms with Gasteiger partial charge in [-0.3, -0.25) is 4.79 Å². The van der Waals surface area contributed by atoms with E-state index in [-0.39, 0.29) is 11.7 Å². The number of carbonyl (C=O) groups excluding carboxylic acids is 1. The molecular weight excluding hydrogens is 402 g/mol. The van der Waals surface area contributed by atoms with Gasteiger partial charge in [-0.1, -0.05) is 32.6 Å². The van der Waals surface area contributed by atoms with Crippen molar-refractivity contribution in [1.29, 1.82) is 0 Å². The van der Waals surface area contributed by atoms with Crippen LogP contribution in [0.25, 0.3) is 0 Å². The van der Waals surface area contributed by atoms with E-state index in [1.54, 1.807) is 19.1 Å². The maximum atomic E-state index is 12.2. The SMILES string of the molecule is C=C(OCC)N1CCC(C)CC1.C=CN=C1NC(=O)C(C(=C/CC)/C(O)=C\C)=C/C1=C/C. The highest BCUT2D eigenvalue weighted by atomic mass is 16.5. The topological polar surface area (TPSA) is 74.2 Å². The van der Waals surface area contributed by atoms with E-state index in [1.165, 1.54) is 19.0 Å². The first kappa shape index (κ1) is 27.0. The third kappa shape index (κ3) is 7.91. The predicted molar refractivity (Wildman–Crippen MR) is 133 cm³/mol. The highest BCUT2D eigenvalue weighted by Crippen LogP contribution is 2.24. The molecule has 0 bridgehead atoms. The van der Waals surface area contributed by atoms with Gasteiger partial charge in [0, 0.05) is 30.4 Å². The molecule has 0 radical (unpaired) electrons. The van der Waals surface area contributed by atoms with Gasteiger partial charge < -0.3 is 20.1 Å². The monoisotopic (exact) mass is 441 g/mol. The van der Waals surface area contributed by atoms with Gasteiger partial charge in [-0.15, -0.1) is 0 Å². The third-order valence-electron chi connectivity index (χ3n) is 5.28. The van der Waals surface area contributed by atoms with E-state index in [1.807, 2.05) is 32.9 Å². The van der Waals surface area contributed by atoms with Gasteiger partial charge in [0.2, 0.25) is 0 Å². The highest BCUT2D eigenvalue weighted by Gasteiger charge is 2.24. The maximum Gasteiger partial charge on any atom is 0.257 e. The molecule has 2 rings (SSSR count). The van der Waals surface area contributed by atoms with Crippen LogP contribution in [-0.4, -0.2) is 41.4 Å². The van der Waals surface area contributed by atoms with Crippen LogP contribution in [0.2, 0.25) is 0 Å². The van der Waals surface area contributed by atoms with Crippen molar-refractivity contribution < 1.29 is 14.6 Å². The first-order valence-electron chi connectivity index (χ1n) is 11.3. The molecule has 0 aromatic carbocycles. The fourth-order valence-electron chi connectivity index (χ4n) is 3.38. The fraction of sp³-hybridized carbons (Fsp3) is 0.462. The molecule has 176 valence electrons. The van der Waals surface area contributed by atoms with E-state index in [4.69, 9.17) is 4.74 Å². The number of allylic oxidation sites excluding steroid dienone is 4. The number of nitrogens with zero attached hydrogens (tertiary/aromatic N) is 2. The zero-order chi connectivity index (χ0) is 24.1. The van der Waals surface area contributed by atoms with Gasteiger partial charge in [0.05, 0.1) is 12.2 Å². The molecule has 2 heterocycles. The summed E-state index contributed by atoms with van der Waals surface area (Å²) < 4.78 is 5.35. The number of aliphatic hydroxyl groups is 1. The van der Waals surface area contributed by atoms with Crippen LogP contribution in [0.3, 0.4) is 0 Å². The van der Waals surface area contributed by atoms with Crippen LogP contribution in [-0.2, 0) is 9.53 Å². The molecule has 0 unspecified atom stereocenters. The largest absolute Gasteiger partial charge is 0.508 e. The Kier molecular flexibility index (Phi) is 11.9. The Labute approximate surface area is 193 Å². The first-order chi connectivity index (χ1) is 15.3. The van der Waals surface area contributed by atoms with Gasteiger partial charge in [-0.2, -0.15) is 0 Å². The Bertz CT molecular complexity index is 823. The molecule has 0 spiro atoms. The molecule has 0 saturated carbocycles. The van der Waals surface area contributed by atoms with Crippen molar-refractivity contribution in [3.8, 4) is 0 Å². The number of piperidine rings is 1. The summed E-state index contributed by atoms with van der Waals surface area (Å²) in [5, 5.41) is 12.7. The quantitative estimate of drug-likeness (QED) is 0.401. The maximum absolute atomic E-state index is 12.2. The molecule has 0 aromatic heterocycles. The number of hydrogen-bond acceptors (Lipinski definition) is 5. The molecule has 2 aliphatic rings. The lowest BCUT2D eigenvalue weighted by Gasteiger charge is -2.32. The van der Waals surface area contributed by atoms with Gasteiger partial charge in [-0.25, -0.2) is 4.99 Å². The minimum absolute atomic E-state index is 0.0906. The van der Waals surface area contributed by atoms with Crippen LogP contribution < -0.4 is 5.32 Å². The number of hydrogen-bond donors (Lipinski definition) is 2. The second-order valence-corrected chi connectivity index (χ2v) is 7.61. The number of carbonyl (C=O) groups is 1. The molecule has 0 atom stereocenters. The van der Waals surface area contributed by atoms with Crippen molar-refractivity contribution in [2.45, 2.75) is 53.9 Å². The van der Waals surface area contributed by atoms with E-state index >= 15 is 0 Å². The summed E-state index contributed by atoms with van der Waals surface area (Å²) in [6, 6.07) is 0. The number of likely N-dealkylation sites (tertiary alicyclic amines) is 1. The minimum Gasteiger partial charge on any atom is -0.508 e. The molecule has 1 fully saturated rings. The molecule has 6 heteroatoms. The smallest absolute Gasteiger partial charge is 0.257 e. The highest BCUT2D eigenvalue weighted by molar-refractivity contribution is 6.19. The van der Waals surface area contributed by atoms with Gasteiger partial charge in [-0.05, 0) is 64.7 Å². The summed E-state index contributed by atoms with van der Waals surface area (Å²) in [4.78, 5) is 18.4. The van der Waals surface area contributed by atoms with Crippen LogP contribution in [0.5, 0.6) is 0 Å². The van der Waals surface area contributed by atoms with Gasteiger partial charge >= 0.3 is 0 Å². The Balaban J connectivity index is 0.000000363. The summed E-state index contributed by atoms with van der Waals surface area (Å²) in [5.41, 5.74) is 1.74. The number of nitrogens with one attached hydrogen (secondary N) is 1. The van der Waals surface area contributed by atoms with E-state index in [9.17, 15) is 9.90 Å². The van der Waals surface area contributed by atoms with Crippen molar-refractivity contribution in [3.63, 3.8) is 0 Å². The van der Waals surface area contributed by atoms with Crippen LogP contribution in [0.15, 0.2) is 77.0 Å². The van der Waals surface area contributed by atoms with Crippen LogP contribution >= 0.6 is 0 Å². The summed E-state index contributed by atoms with van der Waals surface area (Å²) in [7, 11) is 0. The Morgan fingerprint density at radius 1 is 1.34 bits per heavy atom. The molecular formula is C26H39N3O3. The zero-order valence-corrected chi connectivity index (χ0v) is 20.3. The van der Waals surface area contributed by atoms with E-state index < -0.39 is 0 Å². The predicted octanol–water partition coefficient (Wildman–Crippen LogP) is 5.56. The summed E-state index contributed by atoms with van der Waals surface area (Å²) >= 11 is 0. The van der Waals surface area contributed by atoms with E-state index in [0.717, 1.165) is 43.5 Å². The normalized spacial score (nSPS) is 20.3. The van der Waals surface area contributed by atoms with Crippen molar-refractivity contribution in [2.24, 2.45) is 10.9 Å². The molecule has 6 nitrogen and oxygen atoms in total. The van der Waals surface area contributed by atoms with Crippen molar-refractivity contribution in [3.05, 3.63) is 72.0 Å². The number of aliphatic imine (C=N–C) groups is 1. The molecule has 2 N–H and O–H groups in total. The second-order valence-electron chi connectivity index (χ2n) is 7.61. The Morgan fingerprint density at radius 2 is 2.00 bits per heavy atom. The fourth-order valence-corrected chi connectivity index (χ4v) is 3.38. The van der Waals surface area contributed by atoms with Gasteiger partial charge in [0.15, 0.2) is 5.88 Å². The molecule has 0 aromatic rings. The average Bonchev–Trinajstić information content (AvgIpc) is 2.79. The molecule has 32 heavy (non-hydrogen) atoms. The van der Waals surface area contributed by atoms with Gasteiger partial charge in [0.1, 0.15) is 11.6 Å². The van der Waals surface area contributed by atoms with Crippen molar-refractivity contribution in [1.82, 2.24) is 10.2 Å². The number of amides is 1. The lowest BCUT2D eigenvalue weighted by molar-refractivity contribution is -0.116. The molecule has 0 aliphatic carbocycles. The molecule has 1 amide bonds. The van der Waals surface area contributed by atoms with Crippen LogP contribution in [0, 0.1) is 5.92 Å². The first-order valence-corrected chi connectivity index (χ1v) is 11.3. The Hall–Kier alpha value is -3.02. The van der Waals surface area contributed by atoms with Crippen LogP contribution in [0.1, 0.15) is 53.9 Å². The lowest BCUT2D eigenvalue weighted by Crippen LogP contribution is -2.37. The number of aliphatic hydroxyl groups excluding tert-OH is 1. The number of ether oxygens (including phenoxy) is 1. The average molecular weight is 442 g/mol. The van der Waals surface area contributed by atoms with E-state index in [2.05, 4.69) is 35.3 Å². The summed E-state index contributed by atoms with van der Waals surface area (Å²) in [5.74, 6) is 1.99. The zero-order valence-electron chi connectivity index (χ0n) is 20.3. The van der Waals surface area contributed by atoms with E-state index in [0.29, 0.717) is 17.0 Å². The number of amidine groups is 1. The third-order valence-corrected chi connectivity index (χ3v) is 5.28. The molecule has 2 aliphatic heterocycles. The summed E-state index contributed by atoms with van der Waals surface area (Å²) in [6.07, 6.45) is 11.6. The van der Waals surface area contributed by atoms with Crippen LogP contribution in [0.4, 0.5) is 0 Å². The standard InChI is InChI=1S/C16H20N2O2.C10H19NO/c1-5-9-12(14(19)7-3)13-10-11(6-2)15(17-8-4)18-16(13)20;1-4-12-10(3)11-7-5-9(2)6-8-11/h6-10,19H,4-5H2,1-3H3,(H,17,18,20);9H,3-8H2,1-2H3/b11-6-,12-9-,14-7+;. The lowest BCUT2D eigenvalue weighted by atomic mass is 9.95. The number of rotatable bonds is 7. The molecule has 1 saturated heterocycles. The van der Waals surface area contributed by atoms with Crippen molar-refractivity contribution in [2.75, 3.05) is 19.7 Å². The van der Waals surface area contributed by atoms with Gasteiger partial charge in [0.25, 0.3) is 5.91 Å². The minimum atomic E-state index is -0.288. The van der Waals surface area contributed by atoms with Crippen molar-refractivity contribution >= 4 is 11.7 Å². The summed E-state index contributed by atoms with van der Waals surface area (Å²) in [6.45, 7) is 20.2. The Morgan fingerprint density at radius 3 is 2.50 bits per heavy atom.